The summed E-state index contributed by atoms with van der Waals surface area (Å²) in [5.74, 6) is 1.94. The molecule has 0 spiro atoms. The Bertz CT molecular complexity index is 1040. The molecule has 6 heteroatoms. The van der Waals surface area contributed by atoms with Gasteiger partial charge in [0, 0.05) is 44.5 Å². The van der Waals surface area contributed by atoms with Crippen LogP contribution < -0.4 is 9.64 Å². The number of phenolic OH excluding ortho intramolecular Hbond substituents is 1. The van der Waals surface area contributed by atoms with Crippen molar-refractivity contribution in [3.63, 3.8) is 0 Å². The molecular weight excluding hydrogens is 352 g/mol. The molecule has 4 rings (SSSR count). The van der Waals surface area contributed by atoms with Crippen molar-refractivity contribution in [3.05, 3.63) is 59.8 Å². The van der Waals surface area contributed by atoms with Crippen LogP contribution in [0.5, 0.6) is 11.5 Å². The van der Waals surface area contributed by atoms with Crippen molar-refractivity contribution in [3.8, 4) is 17.6 Å². The third-order valence-electron chi connectivity index (χ3n) is 5.27. The van der Waals surface area contributed by atoms with Gasteiger partial charge in [-0.25, -0.2) is 4.98 Å². The molecule has 2 heterocycles. The van der Waals surface area contributed by atoms with Gasteiger partial charge in [-0.1, -0.05) is 12.1 Å². The van der Waals surface area contributed by atoms with E-state index in [4.69, 9.17) is 10.00 Å². The van der Waals surface area contributed by atoms with Crippen molar-refractivity contribution in [1.82, 2.24) is 9.88 Å². The first kappa shape index (κ1) is 18.1. The van der Waals surface area contributed by atoms with E-state index in [1.165, 1.54) is 0 Å². The molecular formula is C22H22N4O2. The van der Waals surface area contributed by atoms with Gasteiger partial charge in [0.2, 0.25) is 0 Å². The van der Waals surface area contributed by atoms with Crippen molar-refractivity contribution in [2.45, 2.75) is 6.54 Å². The van der Waals surface area contributed by atoms with Gasteiger partial charge in [0.05, 0.1) is 18.7 Å². The number of hydrogen-bond donors (Lipinski definition) is 1. The average molecular weight is 374 g/mol. The number of benzene rings is 2. The van der Waals surface area contributed by atoms with E-state index in [0.29, 0.717) is 17.9 Å². The lowest BCUT2D eigenvalue weighted by Crippen LogP contribution is -2.46. The number of nitrogens with zero attached hydrogens (tertiary/aromatic N) is 4. The average Bonchev–Trinajstić information content (AvgIpc) is 2.76. The quantitative estimate of drug-likeness (QED) is 0.756. The van der Waals surface area contributed by atoms with Crippen molar-refractivity contribution in [2.24, 2.45) is 0 Å². The van der Waals surface area contributed by atoms with Crippen molar-refractivity contribution in [2.75, 3.05) is 38.2 Å². The van der Waals surface area contributed by atoms with Gasteiger partial charge in [0.25, 0.3) is 0 Å². The molecule has 1 aromatic heterocycles. The molecule has 0 amide bonds. The molecule has 1 aliphatic rings. The number of aromatic hydroxyl groups is 1. The molecule has 3 aromatic rings. The number of nitriles is 1. The lowest BCUT2D eigenvalue weighted by Gasteiger charge is -2.35. The van der Waals surface area contributed by atoms with Crippen LogP contribution in [0.4, 0.5) is 5.82 Å². The lowest BCUT2D eigenvalue weighted by atomic mass is 10.0. The Labute approximate surface area is 164 Å². The van der Waals surface area contributed by atoms with Crippen molar-refractivity contribution < 1.29 is 9.84 Å². The number of ether oxygens (including phenoxy) is 1. The summed E-state index contributed by atoms with van der Waals surface area (Å²) in [5, 5.41) is 21.7. The fourth-order valence-corrected chi connectivity index (χ4v) is 3.66. The van der Waals surface area contributed by atoms with Crippen LogP contribution in [0.1, 0.15) is 11.1 Å². The zero-order valence-electron chi connectivity index (χ0n) is 15.8. The third kappa shape index (κ3) is 3.57. The Kier molecular flexibility index (Phi) is 5.00. The van der Waals surface area contributed by atoms with E-state index in [0.717, 1.165) is 54.1 Å². The summed E-state index contributed by atoms with van der Waals surface area (Å²) in [4.78, 5) is 8.93. The number of rotatable bonds is 4. The Hall–Kier alpha value is -3.30. The second-order valence-electron chi connectivity index (χ2n) is 6.93. The highest BCUT2D eigenvalue weighted by Gasteiger charge is 2.20. The Morgan fingerprint density at radius 2 is 1.89 bits per heavy atom. The fourth-order valence-electron chi connectivity index (χ4n) is 3.66. The number of pyridine rings is 1. The van der Waals surface area contributed by atoms with E-state index >= 15 is 0 Å². The predicted molar refractivity (Wildman–Crippen MR) is 109 cm³/mol. The smallest absolute Gasteiger partial charge is 0.129 e. The first-order chi connectivity index (χ1) is 13.7. The number of piperazine rings is 1. The van der Waals surface area contributed by atoms with Gasteiger partial charge in [-0.3, -0.25) is 4.90 Å². The molecule has 1 saturated heterocycles. The SMILES string of the molecule is COc1ccc2ccc(O)c(CN3CCN(c4cc(C#N)ccn4)CC3)c2c1. The van der Waals surface area contributed by atoms with E-state index in [2.05, 4.69) is 20.9 Å². The molecule has 28 heavy (non-hydrogen) atoms. The highest BCUT2D eigenvalue weighted by atomic mass is 16.5. The van der Waals surface area contributed by atoms with Gasteiger partial charge >= 0.3 is 0 Å². The summed E-state index contributed by atoms with van der Waals surface area (Å²) in [6, 6.07) is 15.3. The largest absolute Gasteiger partial charge is 0.508 e. The number of hydrogen-bond acceptors (Lipinski definition) is 6. The van der Waals surface area contributed by atoms with Crippen LogP contribution in [0.15, 0.2) is 48.7 Å². The molecule has 0 aliphatic carbocycles. The first-order valence-corrected chi connectivity index (χ1v) is 9.30. The molecule has 1 fully saturated rings. The second kappa shape index (κ2) is 7.75. The number of anilines is 1. The first-order valence-electron chi connectivity index (χ1n) is 9.30. The zero-order valence-corrected chi connectivity index (χ0v) is 15.8. The summed E-state index contributed by atoms with van der Waals surface area (Å²) in [6.07, 6.45) is 1.68. The van der Waals surface area contributed by atoms with Gasteiger partial charge in [0.1, 0.15) is 17.3 Å². The van der Waals surface area contributed by atoms with Crippen LogP contribution in [0.2, 0.25) is 0 Å². The molecule has 6 nitrogen and oxygen atoms in total. The minimum atomic E-state index is 0.312. The maximum atomic E-state index is 10.5. The molecule has 0 bridgehead atoms. The fraction of sp³-hybridized carbons (Fsp3) is 0.273. The standard InChI is InChI=1S/C22H22N4O2/c1-28-18-4-2-17-3-5-21(27)20(19(17)13-18)15-25-8-10-26(11-9-25)22-12-16(14-23)6-7-24-22/h2-7,12-13,27H,8-11,15H2,1H3. The Morgan fingerprint density at radius 1 is 1.11 bits per heavy atom. The summed E-state index contributed by atoms with van der Waals surface area (Å²) in [6.45, 7) is 4.06. The van der Waals surface area contributed by atoms with Crippen LogP contribution in [0.25, 0.3) is 10.8 Å². The monoisotopic (exact) mass is 374 g/mol. The van der Waals surface area contributed by atoms with E-state index in [1.807, 2.05) is 30.3 Å². The van der Waals surface area contributed by atoms with Crippen LogP contribution in [-0.2, 0) is 6.54 Å². The van der Waals surface area contributed by atoms with Gasteiger partial charge in [-0.15, -0.1) is 0 Å². The van der Waals surface area contributed by atoms with Gasteiger partial charge in [0.15, 0.2) is 0 Å². The summed E-state index contributed by atoms with van der Waals surface area (Å²) >= 11 is 0. The number of aromatic nitrogens is 1. The van der Waals surface area contributed by atoms with Crippen molar-refractivity contribution in [1.29, 1.82) is 5.26 Å². The number of fused-ring (bicyclic) bond motifs is 1. The summed E-state index contributed by atoms with van der Waals surface area (Å²) in [7, 11) is 1.65. The molecule has 2 aromatic carbocycles. The highest BCUT2D eigenvalue weighted by Crippen LogP contribution is 2.31. The Balaban J connectivity index is 1.50. The lowest BCUT2D eigenvalue weighted by molar-refractivity contribution is 0.247. The van der Waals surface area contributed by atoms with E-state index in [-0.39, 0.29) is 0 Å². The minimum absolute atomic E-state index is 0.312. The molecule has 1 aliphatic heterocycles. The van der Waals surface area contributed by atoms with E-state index < -0.39 is 0 Å². The zero-order chi connectivity index (χ0) is 19.5. The summed E-state index contributed by atoms with van der Waals surface area (Å²) in [5.41, 5.74) is 1.55. The van der Waals surface area contributed by atoms with Gasteiger partial charge in [-0.2, -0.15) is 5.26 Å². The maximum Gasteiger partial charge on any atom is 0.129 e. The minimum Gasteiger partial charge on any atom is -0.508 e. The van der Waals surface area contributed by atoms with Crippen LogP contribution in [0, 0.1) is 11.3 Å². The van der Waals surface area contributed by atoms with Gasteiger partial charge in [-0.05, 0) is 41.1 Å². The van der Waals surface area contributed by atoms with Gasteiger partial charge < -0.3 is 14.7 Å². The Morgan fingerprint density at radius 3 is 2.64 bits per heavy atom. The topological polar surface area (TPSA) is 72.6 Å². The normalized spacial score (nSPS) is 14.8. The van der Waals surface area contributed by atoms with Crippen LogP contribution >= 0.6 is 0 Å². The predicted octanol–water partition coefficient (Wildman–Crippen LogP) is 3.14. The molecule has 0 unspecified atom stereocenters. The van der Waals surface area contributed by atoms with Crippen molar-refractivity contribution >= 4 is 16.6 Å². The number of methoxy groups -OCH3 is 1. The molecule has 142 valence electrons. The molecule has 0 radical (unpaired) electrons. The highest BCUT2D eigenvalue weighted by molar-refractivity contribution is 5.89. The number of phenols is 1. The second-order valence-corrected chi connectivity index (χ2v) is 6.93. The molecule has 0 saturated carbocycles. The molecule has 1 N–H and O–H groups in total. The van der Waals surface area contributed by atoms with Crippen LogP contribution in [-0.4, -0.2) is 48.3 Å². The van der Waals surface area contributed by atoms with Crippen LogP contribution in [0.3, 0.4) is 0 Å². The third-order valence-corrected chi connectivity index (χ3v) is 5.27. The van der Waals surface area contributed by atoms with E-state index in [9.17, 15) is 5.11 Å². The summed E-state index contributed by atoms with van der Waals surface area (Å²) < 4.78 is 5.36. The molecule has 0 atom stereocenters. The van der Waals surface area contributed by atoms with E-state index in [1.54, 1.807) is 25.4 Å². The maximum absolute atomic E-state index is 10.5.